The van der Waals surface area contributed by atoms with Crippen molar-refractivity contribution in [2.45, 2.75) is 39.2 Å². The number of carbonyl (C=O) groups excluding carboxylic acids is 3. The number of Topliss-reactive ketones (excluding diaryl/α,β-unsaturated/α-hetero) is 2. The van der Waals surface area contributed by atoms with Crippen molar-refractivity contribution in [3.05, 3.63) is 0 Å². The number of unbranched alkanes of at least 4 members (excludes halogenated alkanes) is 1. The van der Waals surface area contributed by atoms with Gasteiger partial charge in [0.1, 0.15) is 5.78 Å². The zero-order valence-electron chi connectivity index (χ0n) is 12.5. The maximum absolute atomic E-state index is 11.5. The van der Waals surface area contributed by atoms with Crippen LogP contribution in [0.3, 0.4) is 0 Å². The van der Waals surface area contributed by atoms with E-state index in [2.05, 4.69) is 15.2 Å². The molecule has 0 aliphatic heterocycles. The van der Waals surface area contributed by atoms with Crippen molar-refractivity contribution >= 4 is 25.2 Å². The average Bonchev–Trinajstić information content (AvgIpc) is 2.30. The summed E-state index contributed by atoms with van der Waals surface area (Å²) < 4.78 is 15.5. The zero-order valence-corrected chi connectivity index (χ0v) is 13.4. The van der Waals surface area contributed by atoms with E-state index in [1.54, 1.807) is 0 Å². The number of ketones is 2. The van der Waals surface area contributed by atoms with Gasteiger partial charge in [0, 0.05) is 19.6 Å². The highest BCUT2D eigenvalue weighted by Gasteiger charge is 2.18. The van der Waals surface area contributed by atoms with E-state index in [4.69, 9.17) is 4.89 Å². The van der Waals surface area contributed by atoms with E-state index in [9.17, 15) is 18.9 Å². The van der Waals surface area contributed by atoms with Crippen LogP contribution in [0.2, 0.25) is 0 Å². The lowest BCUT2D eigenvalue weighted by Gasteiger charge is -2.15. The molecule has 122 valence electrons. The Hall–Kier alpha value is -1.24. The quantitative estimate of drug-likeness (QED) is 0.404. The molecule has 3 N–H and O–H groups in total. The van der Waals surface area contributed by atoms with Crippen LogP contribution in [-0.2, 0) is 18.7 Å². The Morgan fingerprint density at radius 3 is 2.33 bits per heavy atom. The third kappa shape index (κ3) is 12.2. The van der Waals surface area contributed by atoms with Crippen molar-refractivity contribution in [3.63, 3.8) is 0 Å². The van der Waals surface area contributed by atoms with Gasteiger partial charge in [0.2, 0.25) is 0 Å². The largest absolute Gasteiger partial charge is 0.338 e. The predicted molar refractivity (Wildman–Crippen MR) is 77.2 cm³/mol. The molecule has 21 heavy (non-hydrogen) atoms. The van der Waals surface area contributed by atoms with Gasteiger partial charge in [-0.05, 0) is 26.7 Å². The standard InChI is InChI=1S/C12H23N2O6P/c1-9(15)8-11(10(2)16)14-12(17)13-6-4-5-7-20-21(3,18)19/h11H,4-8H2,1-3H3,(H,18,19)(H2,13,14,17). The Labute approximate surface area is 124 Å². The molecule has 0 rings (SSSR count). The first kappa shape index (κ1) is 19.8. The molecule has 8 nitrogen and oxygen atoms in total. The molecule has 0 aromatic heterocycles. The van der Waals surface area contributed by atoms with Crippen LogP contribution in [0, 0.1) is 0 Å². The summed E-state index contributed by atoms with van der Waals surface area (Å²) in [6, 6.07) is -1.34. The molecule has 2 atom stereocenters. The second-order valence-corrected chi connectivity index (χ2v) is 6.68. The van der Waals surface area contributed by atoms with Gasteiger partial charge in [0.25, 0.3) is 0 Å². The van der Waals surface area contributed by atoms with Gasteiger partial charge in [-0.25, -0.2) is 4.79 Å². The molecule has 0 radical (unpaired) electrons. The minimum atomic E-state index is -3.45. The van der Waals surface area contributed by atoms with E-state index < -0.39 is 19.7 Å². The highest BCUT2D eigenvalue weighted by atomic mass is 31.2. The Morgan fingerprint density at radius 1 is 1.24 bits per heavy atom. The lowest BCUT2D eigenvalue weighted by atomic mass is 10.1. The van der Waals surface area contributed by atoms with E-state index in [1.165, 1.54) is 13.8 Å². The minimum Gasteiger partial charge on any atom is -0.338 e. The monoisotopic (exact) mass is 322 g/mol. The van der Waals surface area contributed by atoms with Crippen molar-refractivity contribution < 1.29 is 28.4 Å². The van der Waals surface area contributed by atoms with Gasteiger partial charge in [-0.15, -0.1) is 0 Å². The summed E-state index contributed by atoms with van der Waals surface area (Å²) in [7, 11) is -3.45. The lowest BCUT2D eigenvalue weighted by Crippen LogP contribution is -2.46. The number of hydrogen-bond acceptors (Lipinski definition) is 5. The molecule has 0 aromatic rings. The summed E-state index contributed by atoms with van der Waals surface area (Å²) in [5, 5.41) is 4.96. The van der Waals surface area contributed by atoms with Gasteiger partial charge in [-0.1, -0.05) is 0 Å². The summed E-state index contributed by atoms with van der Waals surface area (Å²) in [5.74, 6) is -0.462. The minimum absolute atomic E-state index is 0.0289. The zero-order chi connectivity index (χ0) is 16.5. The van der Waals surface area contributed by atoms with E-state index in [0.29, 0.717) is 19.4 Å². The second kappa shape index (κ2) is 9.65. The Morgan fingerprint density at radius 2 is 1.86 bits per heavy atom. The number of nitrogens with one attached hydrogen (secondary N) is 2. The molecular weight excluding hydrogens is 299 g/mol. The molecule has 0 aromatic carbocycles. The second-order valence-electron chi connectivity index (χ2n) is 4.81. The molecule has 2 amide bonds. The SMILES string of the molecule is CC(=O)CC(NC(=O)NCCCCOP(C)(=O)O)C(C)=O. The fraction of sp³-hybridized carbons (Fsp3) is 0.750. The molecule has 0 heterocycles. The summed E-state index contributed by atoms with van der Waals surface area (Å²) in [5.41, 5.74) is 0. The molecule has 0 saturated heterocycles. The third-order valence-corrected chi connectivity index (χ3v) is 3.14. The number of carbonyl (C=O) groups is 3. The topological polar surface area (TPSA) is 122 Å². The molecule has 9 heteroatoms. The van der Waals surface area contributed by atoms with Crippen molar-refractivity contribution in [1.29, 1.82) is 0 Å². The van der Waals surface area contributed by atoms with Crippen LogP contribution in [0.1, 0.15) is 33.1 Å². The van der Waals surface area contributed by atoms with E-state index >= 15 is 0 Å². The molecule has 0 bridgehead atoms. The van der Waals surface area contributed by atoms with E-state index in [-0.39, 0.29) is 24.6 Å². The third-order valence-electron chi connectivity index (χ3n) is 2.48. The highest BCUT2D eigenvalue weighted by molar-refractivity contribution is 7.51. The number of hydrogen-bond donors (Lipinski definition) is 3. The van der Waals surface area contributed by atoms with Gasteiger partial charge in [-0.2, -0.15) is 0 Å². The lowest BCUT2D eigenvalue weighted by molar-refractivity contribution is -0.123. The van der Waals surface area contributed by atoms with Crippen LogP contribution >= 0.6 is 7.60 Å². The smallest absolute Gasteiger partial charge is 0.325 e. The van der Waals surface area contributed by atoms with Crippen molar-refractivity contribution in [2.24, 2.45) is 0 Å². The molecule has 0 spiro atoms. The van der Waals surface area contributed by atoms with Crippen LogP contribution < -0.4 is 10.6 Å². The maximum Gasteiger partial charge on any atom is 0.325 e. The molecular formula is C12H23N2O6P. The number of urea groups is 1. The molecule has 0 aliphatic rings. The van der Waals surface area contributed by atoms with Crippen LogP contribution in [0.4, 0.5) is 4.79 Å². The Balaban J connectivity index is 3.86. The Bertz CT molecular complexity index is 420. The van der Waals surface area contributed by atoms with E-state index in [1.807, 2.05) is 0 Å². The van der Waals surface area contributed by atoms with Crippen molar-refractivity contribution in [3.8, 4) is 0 Å². The molecule has 0 fully saturated rings. The van der Waals surface area contributed by atoms with Crippen LogP contribution in [0.25, 0.3) is 0 Å². The van der Waals surface area contributed by atoms with Gasteiger partial charge in [-0.3, -0.25) is 14.2 Å². The van der Waals surface area contributed by atoms with Gasteiger partial charge in [0.15, 0.2) is 5.78 Å². The van der Waals surface area contributed by atoms with Crippen molar-refractivity contribution in [1.82, 2.24) is 10.6 Å². The summed E-state index contributed by atoms with van der Waals surface area (Å²) >= 11 is 0. The fourth-order valence-electron chi connectivity index (χ4n) is 1.46. The highest BCUT2D eigenvalue weighted by Crippen LogP contribution is 2.36. The Kier molecular flexibility index (Phi) is 9.08. The summed E-state index contributed by atoms with van der Waals surface area (Å²) in [6.45, 7) is 4.23. The average molecular weight is 322 g/mol. The van der Waals surface area contributed by atoms with Crippen LogP contribution in [-0.4, -0.2) is 48.3 Å². The number of rotatable bonds is 10. The normalized spacial score (nSPS) is 14.9. The van der Waals surface area contributed by atoms with Crippen LogP contribution in [0.5, 0.6) is 0 Å². The predicted octanol–water partition coefficient (Wildman–Crippen LogP) is 0.834. The first-order valence-electron chi connectivity index (χ1n) is 6.61. The molecule has 0 aliphatic carbocycles. The van der Waals surface area contributed by atoms with Gasteiger partial charge in [0.05, 0.1) is 12.6 Å². The van der Waals surface area contributed by atoms with Gasteiger partial charge < -0.3 is 20.1 Å². The summed E-state index contributed by atoms with van der Waals surface area (Å²) in [6.07, 6.45) is 1.05. The molecule has 0 saturated carbocycles. The maximum atomic E-state index is 11.5. The summed E-state index contributed by atoms with van der Waals surface area (Å²) in [4.78, 5) is 42.6. The first-order valence-corrected chi connectivity index (χ1v) is 8.63. The van der Waals surface area contributed by atoms with Crippen LogP contribution in [0.15, 0.2) is 0 Å². The fourth-order valence-corrected chi connectivity index (χ4v) is 1.92. The number of amides is 2. The van der Waals surface area contributed by atoms with Gasteiger partial charge >= 0.3 is 13.6 Å². The van der Waals surface area contributed by atoms with Crippen molar-refractivity contribution in [2.75, 3.05) is 19.8 Å². The first-order chi connectivity index (χ1) is 9.61. The molecule has 2 unspecified atom stereocenters. The van der Waals surface area contributed by atoms with E-state index in [0.717, 1.165) is 6.66 Å².